The summed E-state index contributed by atoms with van der Waals surface area (Å²) < 4.78 is 0. The standard InChI is InChI=1S/C12H19NO/c1-5-9-11(10(6-2)7-3)12(14)13-8-4/h5-6,9H,2,7-8H2,1,3-4H3,(H,13,14)/b9-5-,11-10-. The van der Waals surface area contributed by atoms with Crippen LogP contribution in [0.5, 0.6) is 0 Å². The zero-order valence-corrected chi connectivity index (χ0v) is 9.26. The molecule has 0 aliphatic heterocycles. The van der Waals surface area contributed by atoms with Gasteiger partial charge in [-0.25, -0.2) is 0 Å². The number of allylic oxidation sites excluding steroid dienone is 3. The van der Waals surface area contributed by atoms with Gasteiger partial charge in [0.1, 0.15) is 0 Å². The number of carbonyl (C=O) groups is 1. The Labute approximate surface area is 86.4 Å². The Morgan fingerprint density at radius 3 is 2.43 bits per heavy atom. The first kappa shape index (κ1) is 12.7. The zero-order chi connectivity index (χ0) is 11.0. The number of amides is 1. The molecule has 0 saturated carbocycles. The van der Waals surface area contributed by atoms with Crippen LogP contribution < -0.4 is 5.32 Å². The van der Waals surface area contributed by atoms with E-state index in [0.29, 0.717) is 12.1 Å². The molecule has 1 amide bonds. The summed E-state index contributed by atoms with van der Waals surface area (Å²) in [7, 11) is 0. The molecule has 0 rings (SSSR count). The van der Waals surface area contributed by atoms with Crippen LogP contribution in [0.2, 0.25) is 0 Å². The number of carbonyl (C=O) groups excluding carboxylic acids is 1. The molecule has 0 aliphatic carbocycles. The van der Waals surface area contributed by atoms with Gasteiger partial charge < -0.3 is 5.32 Å². The minimum Gasteiger partial charge on any atom is -0.352 e. The molecule has 0 aliphatic rings. The van der Waals surface area contributed by atoms with E-state index in [1.54, 1.807) is 6.08 Å². The maximum absolute atomic E-state index is 11.6. The highest BCUT2D eigenvalue weighted by Gasteiger charge is 2.07. The summed E-state index contributed by atoms with van der Waals surface area (Å²) in [5.41, 5.74) is 1.70. The quantitative estimate of drug-likeness (QED) is 0.527. The van der Waals surface area contributed by atoms with E-state index < -0.39 is 0 Å². The summed E-state index contributed by atoms with van der Waals surface area (Å²) >= 11 is 0. The lowest BCUT2D eigenvalue weighted by Crippen LogP contribution is -2.24. The van der Waals surface area contributed by atoms with Gasteiger partial charge in [-0.3, -0.25) is 4.79 Å². The largest absolute Gasteiger partial charge is 0.352 e. The molecule has 2 heteroatoms. The van der Waals surface area contributed by atoms with Gasteiger partial charge >= 0.3 is 0 Å². The highest BCUT2D eigenvalue weighted by atomic mass is 16.1. The van der Waals surface area contributed by atoms with E-state index >= 15 is 0 Å². The van der Waals surface area contributed by atoms with Crippen LogP contribution in [0.3, 0.4) is 0 Å². The molecule has 0 fully saturated rings. The molecule has 0 bridgehead atoms. The predicted octanol–water partition coefficient (Wildman–Crippen LogP) is 2.59. The van der Waals surface area contributed by atoms with Gasteiger partial charge in [-0.05, 0) is 25.8 Å². The topological polar surface area (TPSA) is 29.1 Å². The highest BCUT2D eigenvalue weighted by Crippen LogP contribution is 2.11. The molecule has 0 heterocycles. The van der Waals surface area contributed by atoms with Crippen LogP contribution >= 0.6 is 0 Å². The third-order valence-electron chi connectivity index (χ3n) is 1.89. The minimum atomic E-state index is -0.0256. The van der Waals surface area contributed by atoms with Crippen molar-refractivity contribution in [2.45, 2.75) is 27.2 Å². The van der Waals surface area contributed by atoms with Crippen LogP contribution in [-0.2, 0) is 4.79 Å². The Hall–Kier alpha value is -1.31. The van der Waals surface area contributed by atoms with Crippen LogP contribution in [0.1, 0.15) is 27.2 Å². The number of hydrogen-bond acceptors (Lipinski definition) is 1. The second-order valence-corrected chi connectivity index (χ2v) is 2.86. The van der Waals surface area contributed by atoms with E-state index in [2.05, 4.69) is 11.9 Å². The lowest BCUT2D eigenvalue weighted by atomic mass is 10.0. The van der Waals surface area contributed by atoms with Crippen LogP contribution in [0.4, 0.5) is 0 Å². The average molecular weight is 193 g/mol. The van der Waals surface area contributed by atoms with E-state index in [-0.39, 0.29) is 5.91 Å². The molecule has 0 saturated heterocycles. The summed E-state index contributed by atoms with van der Waals surface area (Å²) in [6.45, 7) is 10.2. The molecule has 0 spiro atoms. The Balaban J connectivity index is 4.99. The Kier molecular flexibility index (Phi) is 6.46. The third kappa shape index (κ3) is 3.60. The third-order valence-corrected chi connectivity index (χ3v) is 1.89. The van der Waals surface area contributed by atoms with Gasteiger partial charge in [0.2, 0.25) is 0 Å². The van der Waals surface area contributed by atoms with E-state index in [4.69, 9.17) is 0 Å². The second kappa shape index (κ2) is 7.13. The molecule has 0 aromatic heterocycles. The Bertz CT molecular complexity index is 261. The smallest absolute Gasteiger partial charge is 0.251 e. The fraction of sp³-hybridized carbons (Fsp3) is 0.417. The SMILES string of the molecule is C=C/C(CC)=C(\C=C/C)C(=O)NCC. The molecule has 0 atom stereocenters. The zero-order valence-electron chi connectivity index (χ0n) is 9.26. The van der Waals surface area contributed by atoms with Crippen LogP contribution in [0.25, 0.3) is 0 Å². The fourth-order valence-corrected chi connectivity index (χ4v) is 1.20. The number of rotatable bonds is 5. The first-order valence-corrected chi connectivity index (χ1v) is 4.97. The number of hydrogen-bond donors (Lipinski definition) is 1. The molecule has 0 unspecified atom stereocenters. The second-order valence-electron chi connectivity index (χ2n) is 2.86. The summed E-state index contributed by atoms with van der Waals surface area (Å²) in [5.74, 6) is -0.0256. The maximum Gasteiger partial charge on any atom is 0.251 e. The van der Waals surface area contributed by atoms with Crippen LogP contribution in [0, 0.1) is 0 Å². The van der Waals surface area contributed by atoms with Crippen molar-refractivity contribution in [3.63, 3.8) is 0 Å². The van der Waals surface area contributed by atoms with Crippen molar-refractivity contribution >= 4 is 5.91 Å². The number of nitrogens with one attached hydrogen (secondary N) is 1. The molecular weight excluding hydrogens is 174 g/mol. The fourth-order valence-electron chi connectivity index (χ4n) is 1.20. The Morgan fingerprint density at radius 2 is 2.07 bits per heavy atom. The van der Waals surface area contributed by atoms with E-state index in [1.807, 2.05) is 32.9 Å². The number of likely N-dealkylation sites (N-methyl/N-ethyl adjacent to an activating group) is 1. The minimum absolute atomic E-state index is 0.0256. The summed E-state index contributed by atoms with van der Waals surface area (Å²) in [6.07, 6.45) is 6.25. The van der Waals surface area contributed by atoms with Crippen molar-refractivity contribution in [2.24, 2.45) is 0 Å². The maximum atomic E-state index is 11.6. The van der Waals surface area contributed by atoms with Crippen molar-refractivity contribution in [1.82, 2.24) is 5.32 Å². The van der Waals surface area contributed by atoms with Gasteiger partial charge in [-0.15, -0.1) is 0 Å². The lowest BCUT2D eigenvalue weighted by molar-refractivity contribution is -0.117. The highest BCUT2D eigenvalue weighted by molar-refractivity contribution is 5.97. The first-order chi connectivity index (χ1) is 6.71. The normalized spacial score (nSPS) is 12.5. The van der Waals surface area contributed by atoms with E-state index in [0.717, 1.165) is 12.0 Å². The molecule has 1 N–H and O–H groups in total. The van der Waals surface area contributed by atoms with Gasteiger partial charge in [0.05, 0.1) is 0 Å². The Morgan fingerprint density at radius 1 is 1.43 bits per heavy atom. The molecular formula is C12H19NO. The van der Waals surface area contributed by atoms with Gasteiger partial charge in [0, 0.05) is 12.1 Å². The van der Waals surface area contributed by atoms with Gasteiger partial charge in [0.25, 0.3) is 5.91 Å². The van der Waals surface area contributed by atoms with Gasteiger partial charge in [-0.1, -0.05) is 31.7 Å². The van der Waals surface area contributed by atoms with E-state index in [1.165, 1.54) is 0 Å². The van der Waals surface area contributed by atoms with Crippen molar-refractivity contribution in [2.75, 3.05) is 6.54 Å². The summed E-state index contributed by atoms with van der Waals surface area (Å²) in [5, 5.41) is 2.78. The molecule has 14 heavy (non-hydrogen) atoms. The molecule has 0 radical (unpaired) electrons. The summed E-state index contributed by atoms with van der Waals surface area (Å²) in [6, 6.07) is 0. The molecule has 0 aromatic rings. The van der Waals surface area contributed by atoms with Crippen molar-refractivity contribution < 1.29 is 4.79 Å². The first-order valence-electron chi connectivity index (χ1n) is 4.97. The van der Waals surface area contributed by atoms with Crippen molar-refractivity contribution in [1.29, 1.82) is 0 Å². The monoisotopic (exact) mass is 193 g/mol. The molecule has 2 nitrogen and oxygen atoms in total. The van der Waals surface area contributed by atoms with Crippen molar-refractivity contribution in [3.05, 3.63) is 36.0 Å². The summed E-state index contributed by atoms with van der Waals surface area (Å²) in [4.78, 5) is 11.6. The lowest BCUT2D eigenvalue weighted by Gasteiger charge is -2.07. The van der Waals surface area contributed by atoms with Gasteiger partial charge in [-0.2, -0.15) is 0 Å². The average Bonchev–Trinajstić information content (AvgIpc) is 2.18. The van der Waals surface area contributed by atoms with Crippen LogP contribution in [0.15, 0.2) is 36.0 Å². The van der Waals surface area contributed by atoms with E-state index in [9.17, 15) is 4.79 Å². The van der Waals surface area contributed by atoms with Crippen molar-refractivity contribution in [3.8, 4) is 0 Å². The molecule has 0 aromatic carbocycles. The van der Waals surface area contributed by atoms with Crippen LogP contribution in [-0.4, -0.2) is 12.5 Å². The molecule has 78 valence electrons. The van der Waals surface area contributed by atoms with Gasteiger partial charge in [0.15, 0.2) is 0 Å². The predicted molar refractivity (Wildman–Crippen MR) is 61.0 cm³/mol.